The maximum absolute atomic E-state index is 2.35. The molecule has 0 aliphatic rings. The molecule has 0 aliphatic carbocycles. The van der Waals surface area contributed by atoms with Crippen molar-refractivity contribution in [1.82, 2.24) is 0 Å². The monoisotopic (exact) mass is 690 g/mol. The lowest BCUT2D eigenvalue weighted by Gasteiger charge is -2.27. The predicted octanol–water partition coefficient (Wildman–Crippen LogP) is 14.8. The number of hydrogen-bond acceptors (Lipinski definition) is 2. The molecule has 0 saturated heterocycles. The molecule has 2 nitrogen and oxygen atoms in total. The minimum absolute atomic E-state index is 1.10. The van der Waals surface area contributed by atoms with E-state index in [2.05, 4.69) is 240 Å². The number of para-hydroxylation sites is 1. The molecule has 2 heteroatoms. The molecule has 54 heavy (non-hydrogen) atoms. The van der Waals surface area contributed by atoms with Crippen LogP contribution in [-0.2, 0) is 0 Å². The molecule has 0 saturated carbocycles. The lowest BCUT2D eigenvalue weighted by atomic mass is 10.0. The first kappa shape index (κ1) is 32.7. The summed E-state index contributed by atoms with van der Waals surface area (Å²) in [5.41, 5.74) is 13.8. The van der Waals surface area contributed by atoms with Crippen molar-refractivity contribution >= 4 is 44.9 Å². The van der Waals surface area contributed by atoms with Gasteiger partial charge in [0.25, 0.3) is 0 Å². The van der Waals surface area contributed by atoms with Crippen LogP contribution in [0.3, 0.4) is 0 Å². The van der Waals surface area contributed by atoms with Gasteiger partial charge in [0.15, 0.2) is 0 Å². The van der Waals surface area contributed by atoms with Crippen molar-refractivity contribution in [3.63, 3.8) is 0 Å². The molecule has 0 aliphatic heterocycles. The fraction of sp³-hybridized carbons (Fsp3) is 0. The molecule has 0 heterocycles. The Kier molecular flexibility index (Phi) is 8.99. The number of nitrogens with zero attached hydrogens (tertiary/aromatic N) is 2. The third-order valence-corrected chi connectivity index (χ3v) is 10.1. The molecule has 9 aromatic carbocycles. The molecule has 0 unspecified atom stereocenters. The van der Waals surface area contributed by atoms with Crippen LogP contribution >= 0.6 is 0 Å². The van der Waals surface area contributed by atoms with E-state index in [1.807, 2.05) is 0 Å². The summed E-state index contributed by atoms with van der Waals surface area (Å²) in [4.78, 5) is 4.70. The fourth-order valence-corrected chi connectivity index (χ4v) is 7.35. The van der Waals surface area contributed by atoms with E-state index in [1.165, 1.54) is 33.0 Å². The molecule has 9 rings (SSSR count). The van der Waals surface area contributed by atoms with Gasteiger partial charge >= 0.3 is 0 Å². The molecule has 0 aromatic heterocycles. The highest BCUT2D eigenvalue weighted by atomic mass is 15.1. The predicted molar refractivity (Wildman–Crippen MR) is 230 cm³/mol. The van der Waals surface area contributed by atoms with E-state index in [0.717, 1.165) is 45.3 Å². The Balaban J connectivity index is 1.09. The molecule has 256 valence electrons. The minimum Gasteiger partial charge on any atom is -0.310 e. The summed E-state index contributed by atoms with van der Waals surface area (Å²) < 4.78 is 0. The van der Waals surface area contributed by atoms with Gasteiger partial charge < -0.3 is 9.80 Å². The Morgan fingerprint density at radius 3 is 1.17 bits per heavy atom. The highest BCUT2D eigenvalue weighted by Crippen LogP contribution is 2.41. The number of rotatable bonds is 9. The molecule has 0 amide bonds. The topological polar surface area (TPSA) is 6.48 Å². The van der Waals surface area contributed by atoms with Gasteiger partial charge in [-0.1, -0.05) is 164 Å². The maximum Gasteiger partial charge on any atom is 0.0540 e. The van der Waals surface area contributed by atoms with Crippen LogP contribution in [0, 0.1) is 0 Å². The third kappa shape index (κ3) is 6.65. The van der Waals surface area contributed by atoms with Crippen LogP contribution in [0.15, 0.2) is 231 Å². The minimum atomic E-state index is 1.10. The van der Waals surface area contributed by atoms with Crippen molar-refractivity contribution < 1.29 is 0 Å². The number of hydrogen-bond donors (Lipinski definition) is 0. The lowest BCUT2D eigenvalue weighted by Crippen LogP contribution is -2.10. The van der Waals surface area contributed by atoms with Gasteiger partial charge in [0.05, 0.1) is 5.69 Å². The number of fused-ring (bicyclic) bond motifs is 1. The fourth-order valence-electron chi connectivity index (χ4n) is 7.35. The highest BCUT2D eigenvalue weighted by Gasteiger charge is 2.17. The first-order valence-corrected chi connectivity index (χ1v) is 18.4. The normalized spacial score (nSPS) is 11.0. The molecule has 0 radical (unpaired) electrons. The van der Waals surface area contributed by atoms with Crippen LogP contribution in [0.25, 0.3) is 44.2 Å². The van der Waals surface area contributed by atoms with E-state index < -0.39 is 0 Å². The van der Waals surface area contributed by atoms with Crippen LogP contribution in [0.2, 0.25) is 0 Å². The Bertz CT molecular complexity index is 2530. The Hall–Kier alpha value is -7.16. The van der Waals surface area contributed by atoms with Gasteiger partial charge in [0.1, 0.15) is 0 Å². The van der Waals surface area contributed by atoms with Crippen LogP contribution in [0.1, 0.15) is 0 Å². The van der Waals surface area contributed by atoms with Crippen LogP contribution in [-0.4, -0.2) is 0 Å². The Labute approximate surface area is 317 Å². The SMILES string of the molecule is c1ccc(-c2ccc(N(c3ccc(-c4ccccc4)cc3)c3cccc(-c4ccc(N(c5ccccc5)c5cccc6ccccc56)cc4)c3)cc2)cc1. The van der Waals surface area contributed by atoms with Gasteiger partial charge in [0, 0.05) is 33.8 Å². The largest absolute Gasteiger partial charge is 0.310 e. The molecule has 0 N–H and O–H groups in total. The maximum atomic E-state index is 2.35. The van der Waals surface area contributed by atoms with E-state index in [9.17, 15) is 0 Å². The molecule has 0 bridgehead atoms. The molecule has 0 atom stereocenters. The van der Waals surface area contributed by atoms with Crippen molar-refractivity contribution in [3.8, 4) is 33.4 Å². The quantitative estimate of drug-likeness (QED) is 0.149. The van der Waals surface area contributed by atoms with Crippen LogP contribution < -0.4 is 9.80 Å². The summed E-state index contributed by atoms with van der Waals surface area (Å²) in [6.07, 6.45) is 0. The van der Waals surface area contributed by atoms with Crippen LogP contribution in [0.4, 0.5) is 34.1 Å². The zero-order chi connectivity index (χ0) is 36.1. The number of benzene rings is 9. The van der Waals surface area contributed by atoms with Crippen molar-refractivity contribution in [2.75, 3.05) is 9.80 Å². The van der Waals surface area contributed by atoms with Gasteiger partial charge in [-0.25, -0.2) is 0 Å². The molecule has 0 spiro atoms. The second-order valence-electron chi connectivity index (χ2n) is 13.4. The molecular weight excluding hydrogens is 653 g/mol. The second kappa shape index (κ2) is 14.8. The smallest absolute Gasteiger partial charge is 0.0540 e. The Morgan fingerprint density at radius 1 is 0.222 bits per heavy atom. The average molecular weight is 691 g/mol. The molecule has 0 fully saturated rings. The summed E-state index contributed by atoms with van der Waals surface area (Å²) in [5, 5.41) is 2.44. The Morgan fingerprint density at radius 2 is 0.593 bits per heavy atom. The first-order valence-electron chi connectivity index (χ1n) is 18.4. The van der Waals surface area contributed by atoms with Crippen molar-refractivity contribution in [2.24, 2.45) is 0 Å². The van der Waals surface area contributed by atoms with E-state index in [0.29, 0.717) is 0 Å². The van der Waals surface area contributed by atoms with Crippen molar-refractivity contribution in [3.05, 3.63) is 231 Å². The second-order valence-corrected chi connectivity index (χ2v) is 13.4. The van der Waals surface area contributed by atoms with E-state index in [4.69, 9.17) is 0 Å². The van der Waals surface area contributed by atoms with Crippen molar-refractivity contribution in [2.45, 2.75) is 0 Å². The van der Waals surface area contributed by atoms with Gasteiger partial charge in [-0.05, 0) is 105 Å². The zero-order valence-corrected chi connectivity index (χ0v) is 29.8. The van der Waals surface area contributed by atoms with E-state index >= 15 is 0 Å². The summed E-state index contributed by atoms with van der Waals surface area (Å²) in [6.45, 7) is 0. The van der Waals surface area contributed by atoms with Gasteiger partial charge in [-0.2, -0.15) is 0 Å². The standard InChI is InChI=1S/C52H38N2/c1-4-14-39(15-5-1)41-26-32-47(33-27-41)53(48-34-28-42(29-35-48)40-16-6-2-7-17-40)50-23-12-20-45(38-50)43-30-36-49(37-31-43)54(46-21-8-3-9-22-46)52-25-13-19-44-18-10-11-24-51(44)52/h1-38H. The zero-order valence-electron chi connectivity index (χ0n) is 29.8. The summed E-state index contributed by atoms with van der Waals surface area (Å²) in [5.74, 6) is 0. The van der Waals surface area contributed by atoms with Crippen molar-refractivity contribution in [1.29, 1.82) is 0 Å². The van der Waals surface area contributed by atoms with Gasteiger partial charge in [-0.3, -0.25) is 0 Å². The van der Waals surface area contributed by atoms with E-state index in [-0.39, 0.29) is 0 Å². The summed E-state index contributed by atoms with van der Waals surface area (Å²) >= 11 is 0. The third-order valence-electron chi connectivity index (χ3n) is 10.1. The average Bonchev–Trinajstić information content (AvgIpc) is 3.26. The highest BCUT2D eigenvalue weighted by molar-refractivity contribution is 5.99. The lowest BCUT2D eigenvalue weighted by molar-refractivity contribution is 1.28. The summed E-state index contributed by atoms with van der Waals surface area (Å²) in [6, 6.07) is 82.4. The molecule has 9 aromatic rings. The van der Waals surface area contributed by atoms with Crippen LogP contribution in [0.5, 0.6) is 0 Å². The number of anilines is 6. The molecular formula is C52H38N2. The first-order chi connectivity index (χ1) is 26.8. The van der Waals surface area contributed by atoms with Gasteiger partial charge in [0.2, 0.25) is 0 Å². The van der Waals surface area contributed by atoms with E-state index in [1.54, 1.807) is 0 Å². The van der Waals surface area contributed by atoms with Gasteiger partial charge in [-0.15, -0.1) is 0 Å². The summed E-state index contributed by atoms with van der Waals surface area (Å²) in [7, 11) is 0.